The maximum absolute atomic E-state index is 13.4. The predicted molar refractivity (Wildman–Crippen MR) is 102 cm³/mol. The van der Waals surface area contributed by atoms with Gasteiger partial charge in [0.2, 0.25) is 11.6 Å². The Morgan fingerprint density at radius 1 is 1.25 bits per heavy atom. The summed E-state index contributed by atoms with van der Waals surface area (Å²) in [5.74, 6) is -4.48. The third-order valence-corrected chi connectivity index (χ3v) is 4.28. The Balaban J connectivity index is 1.72. The van der Waals surface area contributed by atoms with Crippen LogP contribution in [0.1, 0.15) is 12.7 Å². The molecule has 1 atom stereocenters. The van der Waals surface area contributed by atoms with Gasteiger partial charge in [-0.15, -0.1) is 0 Å². The first-order valence-electron chi connectivity index (χ1n) is 8.94. The quantitative estimate of drug-likeness (QED) is 0.263. The number of nitro groups is 1. The van der Waals surface area contributed by atoms with Gasteiger partial charge in [0.05, 0.1) is 16.0 Å². The number of nitrogens with one attached hydrogen (secondary N) is 1. The zero-order chi connectivity index (χ0) is 23.6. The van der Waals surface area contributed by atoms with Gasteiger partial charge in [-0.2, -0.15) is 17.6 Å². The minimum Gasteiger partial charge on any atom is -0.451 e. The van der Waals surface area contributed by atoms with Gasteiger partial charge in [-0.05, 0) is 31.2 Å². The lowest BCUT2D eigenvalue weighted by atomic mass is 10.2. The molecule has 0 aliphatic carbocycles. The molecule has 3 aromatic rings. The fraction of sp³-hybridized carbons (Fsp3) is 0.211. The molecule has 1 aromatic heterocycles. The monoisotopic (exact) mass is 454 g/mol. The summed E-state index contributed by atoms with van der Waals surface area (Å²) in [6.07, 6.45) is -6.30. The highest BCUT2D eigenvalue weighted by molar-refractivity contribution is 5.95. The summed E-state index contributed by atoms with van der Waals surface area (Å²) in [6.45, 7) is 0.289. The van der Waals surface area contributed by atoms with Gasteiger partial charge in [0.1, 0.15) is 6.54 Å². The average Bonchev–Trinajstić information content (AvgIpc) is 3.08. The smallest absolute Gasteiger partial charge is 0.449 e. The summed E-state index contributed by atoms with van der Waals surface area (Å²) in [7, 11) is 0. The molecule has 0 aliphatic rings. The molecule has 9 nitrogen and oxygen atoms in total. The number of alkyl halides is 3. The van der Waals surface area contributed by atoms with Crippen LogP contribution in [0.25, 0.3) is 11.0 Å². The molecule has 0 radical (unpaired) electrons. The number of esters is 1. The molecule has 2 aromatic carbocycles. The number of aromatic nitrogens is 2. The summed E-state index contributed by atoms with van der Waals surface area (Å²) < 4.78 is 58.9. The molecule has 1 N–H and O–H groups in total. The normalized spacial score (nSPS) is 12.4. The zero-order valence-corrected chi connectivity index (χ0v) is 16.2. The van der Waals surface area contributed by atoms with Crippen molar-refractivity contribution in [3.63, 3.8) is 0 Å². The third kappa shape index (κ3) is 4.82. The highest BCUT2D eigenvalue weighted by atomic mass is 19.4. The van der Waals surface area contributed by atoms with Crippen molar-refractivity contribution in [2.75, 3.05) is 5.32 Å². The number of ether oxygens (including phenoxy) is 1. The third-order valence-electron chi connectivity index (χ3n) is 4.28. The number of anilines is 1. The molecule has 3 rings (SSSR count). The van der Waals surface area contributed by atoms with Gasteiger partial charge < -0.3 is 14.6 Å². The Morgan fingerprint density at radius 3 is 2.59 bits per heavy atom. The molecule has 0 aliphatic heterocycles. The van der Waals surface area contributed by atoms with Crippen LogP contribution in [-0.2, 0) is 27.0 Å². The van der Waals surface area contributed by atoms with E-state index in [1.54, 1.807) is 0 Å². The summed E-state index contributed by atoms with van der Waals surface area (Å²) in [4.78, 5) is 37.7. The molecular formula is C19H14F4N4O5. The number of nitro benzene ring substituents is 1. The van der Waals surface area contributed by atoms with Crippen molar-refractivity contribution in [2.45, 2.75) is 25.7 Å². The van der Waals surface area contributed by atoms with Crippen molar-refractivity contribution in [1.82, 2.24) is 9.55 Å². The van der Waals surface area contributed by atoms with Crippen LogP contribution in [0.3, 0.4) is 0 Å². The molecule has 0 saturated carbocycles. The maximum Gasteiger partial charge on any atom is 0.449 e. The minimum atomic E-state index is -4.83. The lowest BCUT2D eigenvalue weighted by Crippen LogP contribution is -2.31. The van der Waals surface area contributed by atoms with Crippen molar-refractivity contribution >= 4 is 34.3 Å². The number of para-hydroxylation sites is 2. The minimum absolute atomic E-state index is 0.0244. The van der Waals surface area contributed by atoms with Gasteiger partial charge in [0, 0.05) is 11.8 Å². The molecule has 0 spiro atoms. The van der Waals surface area contributed by atoms with E-state index >= 15 is 0 Å². The van der Waals surface area contributed by atoms with E-state index in [-0.39, 0.29) is 16.7 Å². The second-order valence-corrected chi connectivity index (χ2v) is 6.55. The summed E-state index contributed by atoms with van der Waals surface area (Å²) in [6, 6.07) is 8.27. The number of carbonyl (C=O) groups excluding carboxylic acids is 2. The average molecular weight is 454 g/mol. The van der Waals surface area contributed by atoms with Gasteiger partial charge >= 0.3 is 17.8 Å². The molecule has 1 amide bonds. The number of carbonyl (C=O) groups is 2. The van der Waals surface area contributed by atoms with Crippen molar-refractivity contribution in [2.24, 2.45) is 0 Å². The topological polar surface area (TPSA) is 116 Å². The van der Waals surface area contributed by atoms with E-state index in [9.17, 15) is 37.3 Å². The standard InChI is InChI=1S/C19H14F4N4O5/c1-10(17(29)24-11-6-7-12(20)15(8-11)27(30)31)32-16(28)9-26-14-5-3-2-4-13(14)25-18(26)19(21,22)23/h2-8,10H,9H2,1H3,(H,24,29). The van der Waals surface area contributed by atoms with Crippen molar-refractivity contribution in [1.29, 1.82) is 0 Å². The number of nitrogens with zero attached hydrogens (tertiary/aromatic N) is 3. The van der Waals surface area contributed by atoms with Crippen molar-refractivity contribution in [3.8, 4) is 0 Å². The Labute approximate surface area is 176 Å². The molecule has 1 heterocycles. The van der Waals surface area contributed by atoms with Crippen molar-refractivity contribution in [3.05, 3.63) is 64.2 Å². The Morgan fingerprint density at radius 2 is 1.94 bits per heavy atom. The Hall–Kier alpha value is -4.03. The SMILES string of the molecule is CC(OC(=O)Cn1c(C(F)(F)F)nc2ccccc21)C(=O)Nc1ccc(F)c([N+](=O)[O-])c1. The van der Waals surface area contributed by atoms with Gasteiger partial charge in [0.15, 0.2) is 6.10 Å². The van der Waals surface area contributed by atoms with E-state index in [4.69, 9.17) is 4.74 Å². The fourth-order valence-corrected chi connectivity index (χ4v) is 2.84. The first kappa shape index (κ1) is 22.7. The largest absolute Gasteiger partial charge is 0.451 e. The Kier molecular flexibility index (Phi) is 6.09. The van der Waals surface area contributed by atoms with Gasteiger partial charge in [0.25, 0.3) is 5.91 Å². The first-order valence-corrected chi connectivity index (χ1v) is 8.94. The molecular weight excluding hydrogens is 440 g/mol. The number of imidazole rings is 1. The lowest BCUT2D eigenvalue weighted by molar-refractivity contribution is -0.387. The van der Waals surface area contributed by atoms with Crippen LogP contribution in [0.2, 0.25) is 0 Å². The van der Waals surface area contributed by atoms with Crippen LogP contribution in [0.5, 0.6) is 0 Å². The van der Waals surface area contributed by atoms with Gasteiger partial charge in [-0.25, -0.2) is 4.98 Å². The van der Waals surface area contributed by atoms with Crippen LogP contribution in [0, 0.1) is 15.9 Å². The highest BCUT2D eigenvalue weighted by Gasteiger charge is 2.38. The molecule has 32 heavy (non-hydrogen) atoms. The number of benzene rings is 2. The molecule has 0 saturated heterocycles. The lowest BCUT2D eigenvalue weighted by Gasteiger charge is -2.15. The van der Waals surface area contributed by atoms with E-state index in [2.05, 4.69) is 10.3 Å². The van der Waals surface area contributed by atoms with Crippen LogP contribution >= 0.6 is 0 Å². The first-order chi connectivity index (χ1) is 15.0. The molecule has 13 heteroatoms. The van der Waals surface area contributed by atoms with E-state index in [0.29, 0.717) is 4.57 Å². The molecule has 168 valence electrons. The van der Waals surface area contributed by atoms with Crippen LogP contribution in [0.4, 0.5) is 28.9 Å². The van der Waals surface area contributed by atoms with E-state index < -0.39 is 53.0 Å². The van der Waals surface area contributed by atoms with Crippen LogP contribution < -0.4 is 5.32 Å². The molecule has 0 fully saturated rings. The number of hydrogen-bond donors (Lipinski definition) is 1. The maximum atomic E-state index is 13.4. The van der Waals surface area contributed by atoms with Crippen LogP contribution in [-0.4, -0.2) is 32.5 Å². The molecule has 0 bridgehead atoms. The summed E-state index contributed by atoms with van der Waals surface area (Å²) in [5, 5.41) is 13.0. The fourth-order valence-electron chi connectivity index (χ4n) is 2.84. The Bertz CT molecular complexity index is 1210. The number of amides is 1. The molecule has 1 unspecified atom stereocenters. The number of hydrogen-bond acceptors (Lipinski definition) is 6. The second kappa shape index (κ2) is 8.61. The number of fused-ring (bicyclic) bond motifs is 1. The van der Waals surface area contributed by atoms with Crippen molar-refractivity contribution < 1.29 is 36.8 Å². The van der Waals surface area contributed by atoms with E-state index in [1.165, 1.54) is 24.3 Å². The highest BCUT2D eigenvalue weighted by Crippen LogP contribution is 2.31. The van der Waals surface area contributed by atoms with Gasteiger partial charge in [-0.1, -0.05) is 12.1 Å². The number of halogens is 4. The van der Waals surface area contributed by atoms with Gasteiger partial charge in [-0.3, -0.25) is 19.7 Å². The zero-order valence-electron chi connectivity index (χ0n) is 16.2. The van der Waals surface area contributed by atoms with Crippen LogP contribution in [0.15, 0.2) is 42.5 Å². The summed E-state index contributed by atoms with van der Waals surface area (Å²) in [5.41, 5.74) is -0.936. The number of rotatable bonds is 6. The summed E-state index contributed by atoms with van der Waals surface area (Å²) >= 11 is 0. The predicted octanol–water partition coefficient (Wildman–Crippen LogP) is 3.67. The van der Waals surface area contributed by atoms with E-state index in [0.717, 1.165) is 25.1 Å². The second-order valence-electron chi connectivity index (χ2n) is 6.55. The van der Waals surface area contributed by atoms with E-state index in [1.807, 2.05) is 0 Å².